The van der Waals surface area contributed by atoms with Crippen molar-refractivity contribution in [3.05, 3.63) is 34.3 Å². The summed E-state index contributed by atoms with van der Waals surface area (Å²) in [6.45, 7) is 1.66. The number of nitrogens with zero attached hydrogens (tertiary/aromatic N) is 1. The molecule has 1 atom stereocenters. The number of methoxy groups -OCH3 is 1. The number of aryl methyl sites for hydroxylation is 1. The van der Waals surface area contributed by atoms with Crippen LogP contribution in [0.4, 0.5) is 0 Å². The summed E-state index contributed by atoms with van der Waals surface area (Å²) in [4.78, 5) is 27.9. The van der Waals surface area contributed by atoms with Crippen molar-refractivity contribution in [1.29, 1.82) is 0 Å². The van der Waals surface area contributed by atoms with Crippen LogP contribution < -0.4 is 0 Å². The molecule has 0 aliphatic heterocycles. The third kappa shape index (κ3) is 2.72. The summed E-state index contributed by atoms with van der Waals surface area (Å²) in [7, 11) is 1.21. The number of halogens is 2. The molecule has 0 heterocycles. The minimum Gasteiger partial charge on any atom is -0.464 e. The molecule has 6 heteroatoms. The van der Waals surface area contributed by atoms with E-state index in [1.807, 2.05) is 0 Å². The van der Waals surface area contributed by atoms with Crippen molar-refractivity contribution in [3.63, 3.8) is 0 Å². The fourth-order valence-electron chi connectivity index (χ4n) is 2.23. The number of esters is 1. The van der Waals surface area contributed by atoms with Crippen LogP contribution in [0.1, 0.15) is 29.3 Å². The monoisotopic (exact) mass is 313 g/mol. The molecule has 0 bridgehead atoms. The van der Waals surface area contributed by atoms with Crippen molar-refractivity contribution in [2.75, 3.05) is 7.11 Å². The minimum absolute atomic E-state index is 0.169. The van der Waals surface area contributed by atoms with Crippen LogP contribution in [0.25, 0.3) is 0 Å². The van der Waals surface area contributed by atoms with Crippen molar-refractivity contribution in [3.8, 4) is 0 Å². The van der Waals surface area contributed by atoms with E-state index in [0.717, 1.165) is 5.56 Å². The molecule has 0 aromatic heterocycles. The Morgan fingerprint density at radius 3 is 2.80 bits per heavy atom. The summed E-state index contributed by atoms with van der Waals surface area (Å²) >= 11 is 11.7. The molecule has 1 aliphatic carbocycles. The highest BCUT2D eigenvalue weighted by molar-refractivity contribution is 6.82. The van der Waals surface area contributed by atoms with E-state index in [-0.39, 0.29) is 11.0 Å². The molecule has 0 saturated carbocycles. The zero-order chi connectivity index (χ0) is 14.9. The van der Waals surface area contributed by atoms with Crippen molar-refractivity contribution in [1.82, 2.24) is 0 Å². The standard InChI is InChI=1S/C14H13Cl2NO3/c1-14(17-12(16)13(19)20-2)6-5-8-7-9(15)3-4-10(8)11(14)18/h3-4,7H,5-6H2,1-2H3. The molecule has 106 valence electrons. The van der Waals surface area contributed by atoms with E-state index in [4.69, 9.17) is 23.2 Å². The topological polar surface area (TPSA) is 55.7 Å². The van der Waals surface area contributed by atoms with Gasteiger partial charge in [0.25, 0.3) is 0 Å². The Balaban J connectivity index is 2.39. The molecule has 0 spiro atoms. The average molecular weight is 314 g/mol. The summed E-state index contributed by atoms with van der Waals surface area (Å²) in [5, 5.41) is 0.275. The van der Waals surface area contributed by atoms with Gasteiger partial charge in [0.1, 0.15) is 5.54 Å². The largest absolute Gasteiger partial charge is 0.464 e. The summed E-state index contributed by atoms with van der Waals surface area (Å²) in [5.74, 6) is -0.917. The lowest BCUT2D eigenvalue weighted by atomic mass is 9.78. The van der Waals surface area contributed by atoms with Crippen LogP contribution in [0.5, 0.6) is 0 Å². The average Bonchev–Trinajstić information content (AvgIpc) is 2.42. The number of hydrogen-bond donors (Lipinski definition) is 0. The zero-order valence-corrected chi connectivity index (χ0v) is 12.6. The third-order valence-electron chi connectivity index (χ3n) is 3.38. The Labute approximate surface area is 126 Å². The summed E-state index contributed by atoms with van der Waals surface area (Å²) < 4.78 is 4.49. The second-order valence-corrected chi connectivity index (χ2v) is 5.59. The molecule has 0 fully saturated rings. The van der Waals surface area contributed by atoms with Crippen LogP contribution in [0.2, 0.25) is 5.02 Å². The fourth-order valence-corrected chi connectivity index (χ4v) is 2.68. The van der Waals surface area contributed by atoms with Crippen LogP contribution in [0.15, 0.2) is 23.2 Å². The lowest BCUT2D eigenvalue weighted by Crippen LogP contribution is -2.39. The van der Waals surface area contributed by atoms with Gasteiger partial charge in [0, 0.05) is 10.6 Å². The van der Waals surface area contributed by atoms with E-state index in [2.05, 4.69) is 9.73 Å². The van der Waals surface area contributed by atoms with E-state index >= 15 is 0 Å². The van der Waals surface area contributed by atoms with Gasteiger partial charge in [0.15, 0.2) is 5.78 Å². The van der Waals surface area contributed by atoms with Gasteiger partial charge in [0.05, 0.1) is 7.11 Å². The maximum Gasteiger partial charge on any atom is 0.368 e. The van der Waals surface area contributed by atoms with Gasteiger partial charge in [0.2, 0.25) is 5.17 Å². The van der Waals surface area contributed by atoms with E-state index in [1.165, 1.54) is 7.11 Å². The van der Waals surface area contributed by atoms with Crippen LogP contribution >= 0.6 is 23.2 Å². The van der Waals surface area contributed by atoms with Crippen molar-refractivity contribution in [2.24, 2.45) is 4.99 Å². The molecule has 1 unspecified atom stereocenters. The third-order valence-corrected chi connectivity index (χ3v) is 3.85. The first-order chi connectivity index (χ1) is 9.37. The molecular formula is C14H13Cl2NO3. The van der Waals surface area contributed by atoms with Crippen LogP contribution in [-0.4, -0.2) is 29.6 Å². The lowest BCUT2D eigenvalue weighted by Gasteiger charge is -2.30. The smallest absolute Gasteiger partial charge is 0.368 e. The predicted octanol–water partition coefficient (Wildman–Crippen LogP) is 3.04. The van der Waals surface area contributed by atoms with Gasteiger partial charge in [-0.15, -0.1) is 0 Å². The molecule has 0 N–H and O–H groups in total. The number of aliphatic imine (C=N–C) groups is 1. The van der Waals surface area contributed by atoms with Crippen LogP contribution in [-0.2, 0) is 16.0 Å². The number of ether oxygens (including phenoxy) is 1. The Bertz CT molecular complexity index is 612. The number of rotatable bonds is 2. The van der Waals surface area contributed by atoms with Gasteiger partial charge >= 0.3 is 5.97 Å². The minimum atomic E-state index is -1.05. The number of fused-ring (bicyclic) bond motifs is 1. The van der Waals surface area contributed by atoms with E-state index in [9.17, 15) is 9.59 Å². The zero-order valence-electron chi connectivity index (χ0n) is 11.1. The number of carbonyl (C=O) groups is 2. The van der Waals surface area contributed by atoms with Gasteiger partial charge in [-0.1, -0.05) is 23.2 Å². The second-order valence-electron chi connectivity index (χ2n) is 4.80. The normalized spacial score (nSPS) is 22.4. The van der Waals surface area contributed by atoms with Crippen molar-refractivity contribution < 1.29 is 14.3 Å². The van der Waals surface area contributed by atoms with Gasteiger partial charge in [-0.05, 0) is 43.5 Å². The summed E-state index contributed by atoms with van der Waals surface area (Å²) in [5.41, 5.74) is 0.414. The molecule has 0 amide bonds. The SMILES string of the molecule is COC(=O)C(Cl)=NC1(C)CCc2cc(Cl)ccc2C1=O. The highest BCUT2D eigenvalue weighted by Crippen LogP contribution is 2.33. The first kappa shape index (κ1) is 15.0. The molecule has 0 saturated heterocycles. The van der Waals surface area contributed by atoms with E-state index < -0.39 is 11.5 Å². The number of benzene rings is 1. The highest BCUT2D eigenvalue weighted by Gasteiger charge is 2.39. The molecular weight excluding hydrogens is 301 g/mol. The second kappa shape index (κ2) is 5.54. The van der Waals surface area contributed by atoms with Crippen LogP contribution in [0.3, 0.4) is 0 Å². The quantitative estimate of drug-likeness (QED) is 0.623. The molecule has 4 nitrogen and oxygen atoms in total. The molecule has 2 rings (SSSR count). The Kier molecular flexibility index (Phi) is 4.16. The lowest BCUT2D eigenvalue weighted by molar-refractivity contribution is -0.132. The molecule has 0 radical (unpaired) electrons. The maximum atomic E-state index is 12.5. The Hall–Kier alpha value is -1.39. The molecule has 1 aromatic rings. The fraction of sp³-hybridized carbons (Fsp3) is 0.357. The van der Waals surface area contributed by atoms with Crippen molar-refractivity contribution in [2.45, 2.75) is 25.3 Å². The van der Waals surface area contributed by atoms with Crippen LogP contribution in [0, 0.1) is 0 Å². The Morgan fingerprint density at radius 1 is 1.45 bits per heavy atom. The summed E-state index contributed by atoms with van der Waals surface area (Å²) in [6.07, 6.45) is 1.11. The molecule has 1 aliphatic rings. The van der Waals surface area contributed by atoms with Gasteiger partial charge in [-0.3, -0.25) is 9.79 Å². The van der Waals surface area contributed by atoms with Crippen molar-refractivity contribution >= 4 is 40.1 Å². The molecule has 20 heavy (non-hydrogen) atoms. The van der Waals surface area contributed by atoms with Gasteiger partial charge < -0.3 is 4.74 Å². The number of Topliss-reactive ketones (excluding diaryl/α,β-unsaturated/α-hetero) is 1. The van der Waals surface area contributed by atoms with E-state index in [1.54, 1.807) is 25.1 Å². The first-order valence-electron chi connectivity index (χ1n) is 6.04. The Morgan fingerprint density at radius 2 is 2.15 bits per heavy atom. The van der Waals surface area contributed by atoms with E-state index in [0.29, 0.717) is 23.4 Å². The van der Waals surface area contributed by atoms with Gasteiger partial charge in [-0.2, -0.15) is 0 Å². The van der Waals surface area contributed by atoms with Gasteiger partial charge in [-0.25, -0.2) is 4.79 Å². The molecule has 1 aromatic carbocycles. The first-order valence-corrected chi connectivity index (χ1v) is 6.80. The highest BCUT2D eigenvalue weighted by atomic mass is 35.5. The number of carbonyl (C=O) groups excluding carboxylic acids is 2. The number of ketones is 1. The number of hydrogen-bond acceptors (Lipinski definition) is 4. The summed E-state index contributed by atoms with van der Waals surface area (Å²) in [6, 6.07) is 5.12. The predicted molar refractivity (Wildman–Crippen MR) is 77.8 cm³/mol. The maximum absolute atomic E-state index is 12.5.